The Morgan fingerprint density at radius 3 is 2.54 bits per heavy atom. The highest BCUT2D eigenvalue weighted by molar-refractivity contribution is 6.30. The summed E-state index contributed by atoms with van der Waals surface area (Å²) in [5.41, 5.74) is 8.11. The molecular weight excluding hydrogens is 198 g/mol. The molecule has 0 aliphatic heterocycles. The van der Waals surface area contributed by atoms with Crippen LogP contribution in [0.4, 0.5) is 0 Å². The van der Waals surface area contributed by atoms with Crippen molar-refractivity contribution in [2.24, 2.45) is 5.11 Å². The number of hydrogen-bond donors (Lipinski definition) is 3. The molecule has 0 aromatic rings. The standard InChI is InChI=1S/C6H8ClN3O3/c7-2-1-3(9-10-8)5(12)6(13)4(2)11/h1,3-6,11-13H. The van der Waals surface area contributed by atoms with Gasteiger partial charge in [0.15, 0.2) is 0 Å². The molecular formula is C6H8ClN3O3. The topological polar surface area (TPSA) is 109 Å². The lowest BCUT2D eigenvalue weighted by Crippen LogP contribution is -2.46. The minimum Gasteiger partial charge on any atom is -0.390 e. The first-order chi connectivity index (χ1) is 6.07. The second-order valence-corrected chi connectivity index (χ2v) is 3.11. The fourth-order valence-electron chi connectivity index (χ4n) is 1.07. The van der Waals surface area contributed by atoms with Crippen molar-refractivity contribution in [2.75, 3.05) is 0 Å². The molecule has 4 atom stereocenters. The van der Waals surface area contributed by atoms with Crippen LogP contribution in [0.3, 0.4) is 0 Å². The molecule has 0 radical (unpaired) electrons. The molecule has 0 saturated heterocycles. The van der Waals surface area contributed by atoms with Gasteiger partial charge in [-0.1, -0.05) is 22.8 Å². The molecule has 1 aliphatic carbocycles. The maximum atomic E-state index is 9.28. The van der Waals surface area contributed by atoms with Gasteiger partial charge in [-0.25, -0.2) is 0 Å². The van der Waals surface area contributed by atoms with E-state index in [0.717, 1.165) is 0 Å². The number of hydrogen-bond acceptors (Lipinski definition) is 4. The van der Waals surface area contributed by atoms with E-state index in [0.29, 0.717) is 0 Å². The summed E-state index contributed by atoms with van der Waals surface area (Å²) in [6, 6.07) is -0.934. The summed E-state index contributed by atoms with van der Waals surface area (Å²) in [7, 11) is 0. The molecule has 1 rings (SSSR count). The van der Waals surface area contributed by atoms with Gasteiger partial charge in [0.25, 0.3) is 0 Å². The highest BCUT2D eigenvalue weighted by atomic mass is 35.5. The van der Waals surface area contributed by atoms with Gasteiger partial charge >= 0.3 is 0 Å². The van der Waals surface area contributed by atoms with E-state index < -0.39 is 24.4 Å². The van der Waals surface area contributed by atoms with E-state index in [1.807, 2.05) is 0 Å². The third kappa shape index (κ3) is 1.93. The van der Waals surface area contributed by atoms with Crippen molar-refractivity contribution in [1.29, 1.82) is 0 Å². The Bertz CT molecular complexity index is 276. The van der Waals surface area contributed by atoms with Gasteiger partial charge in [-0.2, -0.15) is 0 Å². The Morgan fingerprint density at radius 2 is 2.00 bits per heavy atom. The van der Waals surface area contributed by atoms with E-state index in [-0.39, 0.29) is 5.03 Å². The van der Waals surface area contributed by atoms with Gasteiger partial charge < -0.3 is 15.3 Å². The van der Waals surface area contributed by atoms with Crippen molar-refractivity contribution < 1.29 is 15.3 Å². The van der Waals surface area contributed by atoms with Crippen molar-refractivity contribution in [3.05, 3.63) is 21.6 Å². The van der Waals surface area contributed by atoms with E-state index in [9.17, 15) is 10.2 Å². The summed E-state index contributed by atoms with van der Waals surface area (Å²) in [4.78, 5) is 2.47. The van der Waals surface area contributed by atoms with Gasteiger partial charge in [-0.15, -0.1) is 0 Å². The number of nitrogens with zero attached hydrogens (tertiary/aromatic N) is 3. The SMILES string of the molecule is [N-]=[N+]=NC1C=C(Cl)C(O)C(O)C1O. The van der Waals surface area contributed by atoms with E-state index in [4.69, 9.17) is 22.2 Å². The van der Waals surface area contributed by atoms with Crippen LogP contribution in [0.15, 0.2) is 16.2 Å². The molecule has 0 saturated carbocycles. The van der Waals surface area contributed by atoms with E-state index in [1.165, 1.54) is 6.08 Å². The molecule has 3 N–H and O–H groups in total. The summed E-state index contributed by atoms with van der Waals surface area (Å²) < 4.78 is 0. The first-order valence-corrected chi connectivity index (χ1v) is 3.91. The molecule has 7 heteroatoms. The van der Waals surface area contributed by atoms with E-state index in [1.54, 1.807) is 0 Å². The molecule has 6 nitrogen and oxygen atoms in total. The van der Waals surface area contributed by atoms with Crippen LogP contribution in [0.2, 0.25) is 0 Å². The largest absolute Gasteiger partial charge is 0.390 e. The predicted molar refractivity (Wildman–Crippen MR) is 44.9 cm³/mol. The normalized spacial score (nSPS) is 39.2. The van der Waals surface area contributed by atoms with Gasteiger partial charge in [0.2, 0.25) is 0 Å². The predicted octanol–water partition coefficient (Wildman–Crippen LogP) is -0.116. The third-order valence-corrected chi connectivity index (χ3v) is 2.17. The van der Waals surface area contributed by atoms with Gasteiger partial charge in [-0.3, -0.25) is 0 Å². The molecule has 13 heavy (non-hydrogen) atoms. The highest BCUT2D eigenvalue weighted by Crippen LogP contribution is 2.24. The minimum atomic E-state index is -1.42. The smallest absolute Gasteiger partial charge is 0.118 e. The number of aliphatic hydroxyl groups excluding tert-OH is 3. The van der Waals surface area contributed by atoms with Gasteiger partial charge in [0.05, 0.1) is 12.1 Å². The van der Waals surface area contributed by atoms with Crippen molar-refractivity contribution >= 4 is 11.6 Å². The van der Waals surface area contributed by atoms with Crippen LogP contribution in [0.1, 0.15) is 0 Å². The van der Waals surface area contributed by atoms with Gasteiger partial charge in [0, 0.05) is 9.94 Å². The van der Waals surface area contributed by atoms with E-state index in [2.05, 4.69) is 10.0 Å². The van der Waals surface area contributed by atoms with Crippen molar-refractivity contribution in [3.8, 4) is 0 Å². The maximum Gasteiger partial charge on any atom is 0.118 e. The second kappa shape index (κ2) is 3.95. The Balaban J connectivity index is 2.95. The third-order valence-electron chi connectivity index (χ3n) is 1.82. The van der Waals surface area contributed by atoms with Crippen LogP contribution in [0, 0.1) is 0 Å². The molecule has 4 unspecified atom stereocenters. The van der Waals surface area contributed by atoms with Crippen molar-refractivity contribution in [1.82, 2.24) is 0 Å². The molecule has 0 amide bonds. The molecule has 1 aliphatic rings. The lowest BCUT2D eigenvalue weighted by atomic mass is 9.95. The number of aliphatic hydroxyl groups is 3. The molecule has 0 aromatic heterocycles. The summed E-state index contributed by atoms with van der Waals surface area (Å²) in [6.07, 6.45) is -2.85. The first kappa shape index (κ1) is 10.3. The Hall–Kier alpha value is -0.780. The first-order valence-electron chi connectivity index (χ1n) is 3.53. The average molecular weight is 206 g/mol. The number of azide groups is 1. The Labute approximate surface area is 78.7 Å². The zero-order valence-electron chi connectivity index (χ0n) is 6.45. The average Bonchev–Trinajstić information content (AvgIpc) is 2.11. The lowest BCUT2D eigenvalue weighted by Gasteiger charge is -2.30. The molecule has 0 spiro atoms. The lowest BCUT2D eigenvalue weighted by molar-refractivity contribution is -0.0536. The molecule has 0 bridgehead atoms. The van der Waals surface area contributed by atoms with E-state index >= 15 is 0 Å². The molecule has 0 heterocycles. The van der Waals surface area contributed by atoms with Crippen LogP contribution in [-0.2, 0) is 0 Å². The summed E-state index contributed by atoms with van der Waals surface area (Å²) >= 11 is 5.51. The zero-order valence-corrected chi connectivity index (χ0v) is 7.20. The quantitative estimate of drug-likeness (QED) is 0.315. The summed E-state index contributed by atoms with van der Waals surface area (Å²) in [6.45, 7) is 0. The Morgan fingerprint density at radius 1 is 1.38 bits per heavy atom. The fraction of sp³-hybridized carbons (Fsp3) is 0.667. The zero-order chi connectivity index (χ0) is 10.0. The summed E-state index contributed by atoms with van der Waals surface area (Å²) in [5, 5.41) is 30.8. The number of rotatable bonds is 1. The van der Waals surface area contributed by atoms with Gasteiger partial charge in [0.1, 0.15) is 12.2 Å². The number of halogens is 1. The minimum absolute atomic E-state index is 0.0322. The van der Waals surface area contributed by atoms with Crippen LogP contribution in [-0.4, -0.2) is 39.7 Å². The Kier molecular flexibility index (Phi) is 3.13. The molecule has 72 valence electrons. The summed E-state index contributed by atoms with van der Waals surface area (Å²) in [5.74, 6) is 0. The van der Waals surface area contributed by atoms with Crippen molar-refractivity contribution in [2.45, 2.75) is 24.4 Å². The van der Waals surface area contributed by atoms with Gasteiger partial charge in [-0.05, 0) is 5.53 Å². The highest BCUT2D eigenvalue weighted by Gasteiger charge is 2.36. The van der Waals surface area contributed by atoms with Crippen molar-refractivity contribution in [3.63, 3.8) is 0 Å². The van der Waals surface area contributed by atoms with Crippen LogP contribution in [0.5, 0.6) is 0 Å². The molecule has 0 aromatic carbocycles. The van der Waals surface area contributed by atoms with Crippen LogP contribution >= 0.6 is 11.6 Å². The second-order valence-electron chi connectivity index (χ2n) is 2.67. The molecule has 0 fully saturated rings. The fourth-order valence-corrected chi connectivity index (χ4v) is 1.33. The van der Waals surface area contributed by atoms with Crippen LogP contribution < -0.4 is 0 Å². The van der Waals surface area contributed by atoms with Crippen LogP contribution in [0.25, 0.3) is 10.4 Å². The maximum absolute atomic E-state index is 9.28. The monoisotopic (exact) mass is 205 g/mol.